The Balaban J connectivity index is 2.71. The van der Waals surface area contributed by atoms with E-state index < -0.39 is 5.91 Å². The van der Waals surface area contributed by atoms with Crippen molar-refractivity contribution in [3.05, 3.63) is 23.8 Å². The molecule has 0 heterocycles. The standard InChI is InChI=1S/C13H18N2O3/c1-8(2)4-9(3)14-15-13(18)10-5-11(16)7-12(17)6-10/h5-8,16-17H,4H2,1-3H3,(H,15,18). The normalized spacial score (nSPS) is 11.7. The summed E-state index contributed by atoms with van der Waals surface area (Å²) >= 11 is 0. The number of carbonyl (C=O) groups is 1. The second-order valence-corrected chi connectivity index (χ2v) is 4.62. The minimum Gasteiger partial charge on any atom is -0.508 e. The van der Waals surface area contributed by atoms with E-state index in [0.29, 0.717) is 5.92 Å². The predicted molar refractivity (Wildman–Crippen MR) is 69.8 cm³/mol. The maximum absolute atomic E-state index is 11.7. The van der Waals surface area contributed by atoms with Crippen LogP contribution < -0.4 is 5.43 Å². The molecule has 0 saturated carbocycles. The van der Waals surface area contributed by atoms with E-state index in [1.165, 1.54) is 12.1 Å². The van der Waals surface area contributed by atoms with Crippen molar-refractivity contribution in [2.75, 3.05) is 0 Å². The third-order valence-corrected chi connectivity index (χ3v) is 2.22. The number of aromatic hydroxyl groups is 2. The quantitative estimate of drug-likeness (QED) is 0.566. The molecule has 0 saturated heterocycles. The number of hydrogen-bond donors (Lipinski definition) is 3. The summed E-state index contributed by atoms with van der Waals surface area (Å²) in [6.07, 6.45) is 0.797. The van der Waals surface area contributed by atoms with Gasteiger partial charge in [-0.2, -0.15) is 5.10 Å². The Bertz CT molecular complexity index is 447. The number of nitrogens with zero attached hydrogens (tertiary/aromatic N) is 1. The number of nitrogens with one attached hydrogen (secondary N) is 1. The molecule has 0 bridgehead atoms. The summed E-state index contributed by atoms with van der Waals surface area (Å²) in [5.74, 6) is -0.328. The average Bonchev–Trinajstić information content (AvgIpc) is 2.23. The van der Waals surface area contributed by atoms with E-state index in [2.05, 4.69) is 24.4 Å². The fourth-order valence-corrected chi connectivity index (χ4v) is 1.57. The molecule has 5 nitrogen and oxygen atoms in total. The summed E-state index contributed by atoms with van der Waals surface area (Å²) < 4.78 is 0. The second kappa shape index (κ2) is 6.05. The molecular formula is C13H18N2O3. The molecule has 0 aromatic heterocycles. The molecule has 1 amide bonds. The fourth-order valence-electron chi connectivity index (χ4n) is 1.57. The molecule has 0 aliphatic rings. The van der Waals surface area contributed by atoms with Gasteiger partial charge in [-0.1, -0.05) is 13.8 Å². The van der Waals surface area contributed by atoms with E-state index in [4.69, 9.17) is 0 Å². The monoisotopic (exact) mass is 250 g/mol. The van der Waals surface area contributed by atoms with Crippen LogP contribution in [0.25, 0.3) is 0 Å². The Morgan fingerprint density at radius 3 is 2.33 bits per heavy atom. The largest absolute Gasteiger partial charge is 0.508 e. The Morgan fingerprint density at radius 2 is 1.83 bits per heavy atom. The van der Waals surface area contributed by atoms with E-state index in [-0.39, 0.29) is 17.1 Å². The van der Waals surface area contributed by atoms with Crippen molar-refractivity contribution in [2.45, 2.75) is 27.2 Å². The molecule has 5 heteroatoms. The molecule has 3 N–H and O–H groups in total. The molecule has 0 fully saturated rings. The molecule has 1 aromatic carbocycles. The maximum atomic E-state index is 11.7. The molecule has 1 aromatic rings. The first kappa shape index (κ1) is 14.0. The van der Waals surface area contributed by atoms with Gasteiger partial charge in [0.05, 0.1) is 0 Å². The van der Waals surface area contributed by atoms with Crippen LogP contribution in [-0.4, -0.2) is 21.8 Å². The number of rotatable bonds is 4. The lowest BCUT2D eigenvalue weighted by molar-refractivity contribution is 0.0954. The van der Waals surface area contributed by atoms with Crippen molar-refractivity contribution in [1.29, 1.82) is 0 Å². The van der Waals surface area contributed by atoms with Crippen molar-refractivity contribution in [2.24, 2.45) is 11.0 Å². The van der Waals surface area contributed by atoms with Crippen LogP contribution in [0.15, 0.2) is 23.3 Å². The summed E-state index contributed by atoms with van der Waals surface area (Å²) in [5, 5.41) is 22.5. The Kier molecular flexibility index (Phi) is 4.71. The number of amides is 1. The van der Waals surface area contributed by atoms with Crippen LogP contribution in [0, 0.1) is 5.92 Å². The van der Waals surface area contributed by atoms with Crippen LogP contribution in [-0.2, 0) is 0 Å². The van der Waals surface area contributed by atoms with Gasteiger partial charge in [-0.05, 0) is 31.4 Å². The highest BCUT2D eigenvalue weighted by atomic mass is 16.3. The number of hydrogen-bond acceptors (Lipinski definition) is 4. The highest BCUT2D eigenvalue weighted by molar-refractivity contribution is 5.96. The van der Waals surface area contributed by atoms with Crippen LogP contribution in [0.1, 0.15) is 37.6 Å². The topological polar surface area (TPSA) is 81.9 Å². The number of carbonyl (C=O) groups excluding carboxylic acids is 1. The fraction of sp³-hybridized carbons (Fsp3) is 0.385. The van der Waals surface area contributed by atoms with Crippen LogP contribution in [0.3, 0.4) is 0 Å². The molecule has 0 aliphatic carbocycles. The van der Waals surface area contributed by atoms with Gasteiger partial charge in [0.1, 0.15) is 11.5 Å². The molecular weight excluding hydrogens is 232 g/mol. The van der Waals surface area contributed by atoms with Gasteiger partial charge in [0.15, 0.2) is 0 Å². The first-order valence-corrected chi connectivity index (χ1v) is 5.75. The summed E-state index contributed by atoms with van der Waals surface area (Å²) in [6.45, 7) is 5.96. The van der Waals surface area contributed by atoms with Gasteiger partial charge in [0.2, 0.25) is 0 Å². The molecule has 0 unspecified atom stereocenters. The second-order valence-electron chi connectivity index (χ2n) is 4.62. The first-order chi connectivity index (χ1) is 8.38. The first-order valence-electron chi connectivity index (χ1n) is 5.75. The molecule has 0 radical (unpaired) electrons. The number of benzene rings is 1. The van der Waals surface area contributed by atoms with Gasteiger partial charge >= 0.3 is 0 Å². The van der Waals surface area contributed by atoms with Gasteiger partial charge in [-0.25, -0.2) is 5.43 Å². The van der Waals surface area contributed by atoms with E-state index in [1.807, 2.05) is 6.92 Å². The van der Waals surface area contributed by atoms with Gasteiger partial charge < -0.3 is 10.2 Å². The molecule has 1 rings (SSSR count). The average molecular weight is 250 g/mol. The zero-order chi connectivity index (χ0) is 13.7. The SMILES string of the molecule is CC(CC(C)C)=NNC(=O)c1cc(O)cc(O)c1. The number of hydrazone groups is 1. The maximum Gasteiger partial charge on any atom is 0.271 e. The van der Waals surface area contributed by atoms with Crippen molar-refractivity contribution in [3.8, 4) is 11.5 Å². The van der Waals surface area contributed by atoms with E-state index in [9.17, 15) is 15.0 Å². The Morgan fingerprint density at radius 1 is 1.28 bits per heavy atom. The zero-order valence-electron chi connectivity index (χ0n) is 10.8. The highest BCUT2D eigenvalue weighted by Crippen LogP contribution is 2.20. The third kappa shape index (κ3) is 4.45. The lowest BCUT2D eigenvalue weighted by atomic mass is 10.1. The molecule has 18 heavy (non-hydrogen) atoms. The Hall–Kier alpha value is -2.04. The zero-order valence-corrected chi connectivity index (χ0v) is 10.8. The van der Waals surface area contributed by atoms with E-state index in [1.54, 1.807) is 0 Å². The predicted octanol–water partition coefficient (Wildman–Crippen LogP) is 2.25. The van der Waals surface area contributed by atoms with Crippen molar-refractivity contribution in [3.63, 3.8) is 0 Å². The smallest absolute Gasteiger partial charge is 0.271 e. The van der Waals surface area contributed by atoms with Gasteiger partial charge in [0, 0.05) is 17.3 Å². The van der Waals surface area contributed by atoms with Crippen LogP contribution >= 0.6 is 0 Å². The van der Waals surface area contributed by atoms with Crippen molar-refractivity contribution >= 4 is 11.6 Å². The minimum atomic E-state index is -0.468. The molecule has 0 aliphatic heterocycles. The van der Waals surface area contributed by atoms with E-state index in [0.717, 1.165) is 18.2 Å². The van der Waals surface area contributed by atoms with Crippen LogP contribution in [0.2, 0.25) is 0 Å². The van der Waals surface area contributed by atoms with Gasteiger partial charge in [0.25, 0.3) is 5.91 Å². The number of phenols is 2. The van der Waals surface area contributed by atoms with Gasteiger partial charge in [-0.15, -0.1) is 0 Å². The van der Waals surface area contributed by atoms with Gasteiger partial charge in [-0.3, -0.25) is 4.79 Å². The number of phenolic OH excluding ortho intramolecular Hbond substituents is 2. The van der Waals surface area contributed by atoms with Crippen molar-refractivity contribution < 1.29 is 15.0 Å². The summed E-state index contributed by atoms with van der Waals surface area (Å²) in [6, 6.07) is 3.69. The minimum absolute atomic E-state index is 0.161. The van der Waals surface area contributed by atoms with Crippen LogP contribution in [0.5, 0.6) is 11.5 Å². The molecule has 0 atom stereocenters. The lowest BCUT2D eigenvalue weighted by Crippen LogP contribution is -2.19. The summed E-state index contributed by atoms with van der Waals surface area (Å²) in [7, 11) is 0. The van der Waals surface area contributed by atoms with Crippen LogP contribution in [0.4, 0.5) is 0 Å². The van der Waals surface area contributed by atoms with Crippen molar-refractivity contribution in [1.82, 2.24) is 5.43 Å². The third-order valence-electron chi connectivity index (χ3n) is 2.22. The lowest BCUT2D eigenvalue weighted by Gasteiger charge is -2.05. The summed E-state index contributed by atoms with van der Waals surface area (Å²) in [5.41, 5.74) is 3.37. The molecule has 98 valence electrons. The summed E-state index contributed by atoms with van der Waals surface area (Å²) in [4.78, 5) is 11.7. The highest BCUT2D eigenvalue weighted by Gasteiger charge is 2.08. The van der Waals surface area contributed by atoms with E-state index >= 15 is 0 Å². The molecule has 0 spiro atoms. The Labute approximate surface area is 106 Å².